The Morgan fingerprint density at radius 1 is 1.21 bits per heavy atom. The molecule has 0 amide bonds. The van der Waals surface area contributed by atoms with Crippen LogP contribution in [0.25, 0.3) is 0 Å². The van der Waals surface area contributed by atoms with Crippen LogP contribution in [0.2, 0.25) is 5.02 Å². The Morgan fingerprint density at radius 2 is 2.00 bits per heavy atom. The van der Waals surface area contributed by atoms with E-state index < -0.39 is 0 Å². The maximum absolute atomic E-state index is 5.84. The van der Waals surface area contributed by atoms with Gasteiger partial charge in [-0.2, -0.15) is 0 Å². The second-order valence-corrected chi connectivity index (χ2v) is 4.41. The Bertz CT molecular complexity index is 275. The first-order chi connectivity index (χ1) is 6.84. The number of benzene rings is 1. The van der Waals surface area contributed by atoms with E-state index in [2.05, 4.69) is 17.4 Å². The smallest absolute Gasteiger partial charge is 0.0406 e. The normalized spacial score (nSPS) is 22.2. The van der Waals surface area contributed by atoms with Gasteiger partial charge < -0.3 is 5.32 Å². The Labute approximate surface area is 90.5 Å². The van der Waals surface area contributed by atoms with E-state index in [1.165, 1.54) is 31.4 Å². The summed E-state index contributed by atoms with van der Waals surface area (Å²) in [6, 6.07) is 8.86. The van der Waals surface area contributed by atoms with Crippen LogP contribution in [0, 0.1) is 0 Å². The Kier molecular flexibility index (Phi) is 3.44. The largest absolute Gasteiger partial charge is 0.314 e. The van der Waals surface area contributed by atoms with Crippen LogP contribution in [0.3, 0.4) is 0 Å². The third-order valence-electron chi connectivity index (χ3n) is 2.81. The highest BCUT2D eigenvalue weighted by Crippen LogP contribution is 2.15. The van der Waals surface area contributed by atoms with Crippen molar-refractivity contribution in [2.45, 2.75) is 31.7 Å². The topological polar surface area (TPSA) is 12.0 Å². The second-order valence-electron chi connectivity index (χ2n) is 3.98. The summed E-state index contributed by atoms with van der Waals surface area (Å²) in [4.78, 5) is 0. The van der Waals surface area contributed by atoms with Crippen molar-refractivity contribution in [2.75, 3.05) is 6.54 Å². The minimum absolute atomic E-state index is 0.671. The molecule has 2 rings (SSSR count). The van der Waals surface area contributed by atoms with Gasteiger partial charge in [-0.25, -0.2) is 0 Å². The van der Waals surface area contributed by atoms with Crippen molar-refractivity contribution in [1.29, 1.82) is 0 Å². The number of rotatable bonds is 2. The number of piperidine rings is 1. The number of nitrogens with one attached hydrogen (secondary N) is 1. The van der Waals surface area contributed by atoms with Crippen LogP contribution in [0.15, 0.2) is 24.3 Å². The first kappa shape index (κ1) is 10.0. The van der Waals surface area contributed by atoms with Gasteiger partial charge >= 0.3 is 0 Å². The summed E-state index contributed by atoms with van der Waals surface area (Å²) in [5, 5.41) is 4.37. The fourth-order valence-corrected chi connectivity index (χ4v) is 2.13. The molecule has 1 heterocycles. The van der Waals surface area contributed by atoms with E-state index in [1.807, 2.05) is 12.1 Å². The molecule has 0 saturated carbocycles. The van der Waals surface area contributed by atoms with Crippen molar-refractivity contribution in [1.82, 2.24) is 5.32 Å². The summed E-state index contributed by atoms with van der Waals surface area (Å²) in [7, 11) is 0. The fraction of sp³-hybridized carbons (Fsp3) is 0.500. The maximum atomic E-state index is 5.84. The van der Waals surface area contributed by atoms with Crippen LogP contribution in [-0.2, 0) is 6.42 Å². The van der Waals surface area contributed by atoms with Crippen molar-refractivity contribution in [3.63, 3.8) is 0 Å². The standard InChI is InChI=1S/C12H16ClN/c13-11-6-4-10(5-7-11)9-12-3-1-2-8-14-12/h4-7,12,14H,1-3,8-9H2/t12-/m1/s1. The third-order valence-corrected chi connectivity index (χ3v) is 3.06. The molecular weight excluding hydrogens is 194 g/mol. The maximum Gasteiger partial charge on any atom is 0.0406 e. The summed E-state index contributed by atoms with van der Waals surface area (Å²) in [6.07, 6.45) is 5.14. The first-order valence-electron chi connectivity index (χ1n) is 5.32. The zero-order valence-electron chi connectivity index (χ0n) is 8.30. The predicted octanol–water partition coefficient (Wildman–Crippen LogP) is 3.02. The predicted molar refractivity (Wildman–Crippen MR) is 60.8 cm³/mol. The van der Waals surface area contributed by atoms with Gasteiger partial charge in [0, 0.05) is 11.1 Å². The molecule has 0 bridgehead atoms. The van der Waals surface area contributed by atoms with Crippen LogP contribution >= 0.6 is 11.6 Å². The lowest BCUT2D eigenvalue weighted by Gasteiger charge is -2.23. The molecule has 1 aliphatic heterocycles. The molecule has 1 N–H and O–H groups in total. The molecule has 1 nitrogen and oxygen atoms in total. The van der Waals surface area contributed by atoms with E-state index in [0.717, 1.165) is 11.4 Å². The number of hydrogen-bond acceptors (Lipinski definition) is 1. The molecule has 0 aromatic heterocycles. The van der Waals surface area contributed by atoms with Gasteiger partial charge in [0.2, 0.25) is 0 Å². The van der Waals surface area contributed by atoms with Crippen molar-refractivity contribution >= 4 is 11.6 Å². The third kappa shape index (κ3) is 2.73. The molecule has 14 heavy (non-hydrogen) atoms. The van der Waals surface area contributed by atoms with Crippen LogP contribution in [-0.4, -0.2) is 12.6 Å². The average Bonchev–Trinajstić information content (AvgIpc) is 2.23. The Balaban J connectivity index is 1.92. The minimum atomic E-state index is 0.671. The summed E-state index contributed by atoms with van der Waals surface area (Å²) in [5.74, 6) is 0. The van der Waals surface area contributed by atoms with E-state index in [1.54, 1.807) is 0 Å². The van der Waals surface area contributed by atoms with E-state index in [0.29, 0.717) is 6.04 Å². The first-order valence-corrected chi connectivity index (χ1v) is 5.70. The molecule has 1 aliphatic rings. The molecule has 1 aromatic carbocycles. The lowest BCUT2D eigenvalue weighted by molar-refractivity contribution is 0.399. The Morgan fingerprint density at radius 3 is 2.64 bits per heavy atom. The highest BCUT2D eigenvalue weighted by Gasteiger charge is 2.12. The lowest BCUT2D eigenvalue weighted by Crippen LogP contribution is -2.35. The minimum Gasteiger partial charge on any atom is -0.314 e. The molecular formula is C12H16ClN. The SMILES string of the molecule is Clc1ccc(C[C@H]2CCCCN2)cc1. The monoisotopic (exact) mass is 209 g/mol. The van der Waals surface area contributed by atoms with Gasteiger partial charge in [-0.15, -0.1) is 0 Å². The Hall–Kier alpha value is -0.530. The summed E-state index contributed by atoms with van der Waals surface area (Å²) in [5.41, 5.74) is 1.38. The van der Waals surface area contributed by atoms with Crippen molar-refractivity contribution in [3.8, 4) is 0 Å². The highest BCUT2D eigenvalue weighted by molar-refractivity contribution is 6.30. The molecule has 76 valence electrons. The van der Waals surface area contributed by atoms with Gasteiger partial charge in [-0.1, -0.05) is 30.2 Å². The van der Waals surface area contributed by atoms with Gasteiger partial charge in [0.15, 0.2) is 0 Å². The molecule has 1 fully saturated rings. The molecule has 1 saturated heterocycles. The zero-order chi connectivity index (χ0) is 9.80. The van der Waals surface area contributed by atoms with Crippen molar-refractivity contribution in [3.05, 3.63) is 34.9 Å². The van der Waals surface area contributed by atoms with E-state index in [4.69, 9.17) is 11.6 Å². The fourth-order valence-electron chi connectivity index (χ4n) is 2.00. The molecule has 0 unspecified atom stereocenters. The van der Waals surface area contributed by atoms with Gasteiger partial charge in [0.05, 0.1) is 0 Å². The van der Waals surface area contributed by atoms with Crippen molar-refractivity contribution < 1.29 is 0 Å². The summed E-state index contributed by atoms with van der Waals surface area (Å²) in [6.45, 7) is 1.18. The van der Waals surface area contributed by atoms with Crippen LogP contribution in [0.1, 0.15) is 24.8 Å². The molecule has 2 heteroatoms. The molecule has 1 aromatic rings. The average molecular weight is 210 g/mol. The molecule has 0 radical (unpaired) electrons. The van der Waals surface area contributed by atoms with E-state index in [9.17, 15) is 0 Å². The highest BCUT2D eigenvalue weighted by atomic mass is 35.5. The number of halogens is 1. The van der Waals surface area contributed by atoms with Crippen LogP contribution in [0.5, 0.6) is 0 Å². The van der Waals surface area contributed by atoms with Gasteiger partial charge in [0.1, 0.15) is 0 Å². The molecule has 0 spiro atoms. The van der Waals surface area contributed by atoms with E-state index in [-0.39, 0.29) is 0 Å². The van der Waals surface area contributed by atoms with E-state index >= 15 is 0 Å². The van der Waals surface area contributed by atoms with Crippen molar-refractivity contribution in [2.24, 2.45) is 0 Å². The van der Waals surface area contributed by atoms with Gasteiger partial charge in [-0.3, -0.25) is 0 Å². The van der Waals surface area contributed by atoms with Crippen LogP contribution < -0.4 is 5.32 Å². The molecule has 0 aliphatic carbocycles. The number of hydrogen-bond donors (Lipinski definition) is 1. The van der Waals surface area contributed by atoms with Gasteiger partial charge in [-0.05, 0) is 43.5 Å². The quantitative estimate of drug-likeness (QED) is 0.790. The van der Waals surface area contributed by atoms with Crippen LogP contribution in [0.4, 0.5) is 0 Å². The zero-order valence-corrected chi connectivity index (χ0v) is 9.06. The summed E-state index contributed by atoms with van der Waals surface area (Å²) >= 11 is 5.84. The van der Waals surface area contributed by atoms with Gasteiger partial charge in [0.25, 0.3) is 0 Å². The second kappa shape index (κ2) is 4.81. The summed E-state index contributed by atoms with van der Waals surface area (Å²) < 4.78 is 0. The molecule has 1 atom stereocenters. The lowest BCUT2D eigenvalue weighted by atomic mass is 9.98.